The van der Waals surface area contributed by atoms with Crippen molar-refractivity contribution in [1.29, 1.82) is 0 Å². The predicted octanol–water partition coefficient (Wildman–Crippen LogP) is 3.40. The number of benzene rings is 2. The molecule has 0 aliphatic heterocycles. The van der Waals surface area contributed by atoms with E-state index in [4.69, 9.17) is 9.47 Å². The molecule has 4 heteroatoms. The number of aliphatic hydroxyl groups is 1. The first-order valence-corrected chi connectivity index (χ1v) is 8.43. The molecular weight excluding hydrogens is 302 g/mol. The van der Waals surface area contributed by atoms with Crippen molar-refractivity contribution in [2.75, 3.05) is 20.8 Å². The largest absolute Gasteiger partial charge is 0.497 e. The van der Waals surface area contributed by atoms with E-state index >= 15 is 0 Å². The predicted molar refractivity (Wildman–Crippen MR) is 94.6 cm³/mol. The summed E-state index contributed by atoms with van der Waals surface area (Å²) in [5, 5.41) is 13.5. The Kier molecular flexibility index (Phi) is 5.38. The summed E-state index contributed by atoms with van der Waals surface area (Å²) in [4.78, 5) is 0. The maximum absolute atomic E-state index is 9.88. The molecule has 2 atom stereocenters. The molecule has 0 bridgehead atoms. The molecule has 128 valence electrons. The van der Waals surface area contributed by atoms with Crippen LogP contribution in [0.3, 0.4) is 0 Å². The summed E-state index contributed by atoms with van der Waals surface area (Å²) < 4.78 is 10.6. The maximum Gasteiger partial charge on any atom is 0.119 e. The van der Waals surface area contributed by atoms with Crippen LogP contribution in [-0.2, 0) is 6.42 Å². The molecule has 0 aromatic heterocycles. The maximum atomic E-state index is 9.88. The number of hydrogen-bond acceptors (Lipinski definition) is 4. The van der Waals surface area contributed by atoms with E-state index in [1.165, 1.54) is 11.1 Å². The van der Waals surface area contributed by atoms with E-state index in [1.807, 2.05) is 30.3 Å². The molecule has 0 amide bonds. The summed E-state index contributed by atoms with van der Waals surface area (Å²) in [6.07, 6.45) is 3.28. The molecule has 2 aromatic carbocycles. The Labute approximate surface area is 143 Å². The number of hydrogen-bond donors (Lipinski definition) is 2. The van der Waals surface area contributed by atoms with Gasteiger partial charge in [0.25, 0.3) is 0 Å². The van der Waals surface area contributed by atoms with Crippen molar-refractivity contribution in [3.8, 4) is 11.5 Å². The number of rotatable bonds is 6. The summed E-state index contributed by atoms with van der Waals surface area (Å²) >= 11 is 0. The average molecular weight is 327 g/mol. The Balaban J connectivity index is 1.82. The fourth-order valence-corrected chi connectivity index (χ4v) is 3.45. The molecule has 0 saturated heterocycles. The third-order valence-corrected chi connectivity index (χ3v) is 4.75. The normalized spacial score (nSPS) is 17.9. The van der Waals surface area contributed by atoms with E-state index in [0.29, 0.717) is 0 Å². The minimum absolute atomic E-state index is 0.0507. The second-order valence-electron chi connectivity index (χ2n) is 6.19. The monoisotopic (exact) mass is 327 g/mol. The van der Waals surface area contributed by atoms with Crippen molar-refractivity contribution in [2.45, 2.75) is 31.3 Å². The standard InChI is InChI=1S/C20H25NO3/c1-23-16-7-3-6-15(12-16)20(13-22)21-19-8-4-5-14-11-17(24-2)9-10-18(14)19/h3,6-7,9-12,19-22H,4-5,8,13H2,1-2H3. The minimum Gasteiger partial charge on any atom is -0.497 e. The third-order valence-electron chi connectivity index (χ3n) is 4.75. The highest BCUT2D eigenvalue weighted by atomic mass is 16.5. The van der Waals surface area contributed by atoms with Gasteiger partial charge in [-0.2, -0.15) is 0 Å². The van der Waals surface area contributed by atoms with Crippen molar-refractivity contribution in [1.82, 2.24) is 5.32 Å². The molecule has 0 heterocycles. The summed E-state index contributed by atoms with van der Waals surface area (Å²) in [5.41, 5.74) is 3.68. The van der Waals surface area contributed by atoms with Crippen LogP contribution in [0.25, 0.3) is 0 Å². The molecular formula is C20H25NO3. The Bertz CT molecular complexity index is 686. The van der Waals surface area contributed by atoms with Crippen LogP contribution in [0.5, 0.6) is 11.5 Å². The van der Waals surface area contributed by atoms with Crippen molar-refractivity contribution in [2.24, 2.45) is 0 Å². The Morgan fingerprint density at radius 3 is 2.67 bits per heavy atom. The van der Waals surface area contributed by atoms with Crippen LogP contribution in [0.1, 0.15) is 41.6 Å². The van der Waals surface area contributed by atoms with Gasteiger partial charge in [-0.15, -0.1) is 0 Å². The second-order valence-corrected chi connectivity index (χ2v) is 6.19. The Hall–Kier alpha value is -2.04. The number of aryl methyl sites for hydroxylation is 1. The molecule has 2 aromatic rings. The molecule has 1 aliphatic carbocycles. The smallest absolute Gasteiger partial charge is 0.119 e. The van der Waals surface area contributed by atoms with Gasteiger partial charge >= 0.3 is 0 Å². The van der Waals surface area contributed by atoms with Gasteiger partial charge in [0.15, 0.2) is 0 Å². The molecule has 2 unspecified atom stereocenters. The fraction of sp³-hybridized carbons (Fsp3) is 0.400. The lowest BCUT2D eigenvalue weighted by Crippen LogP contribution is -2.31. The van der Waals surface area contributed by atoms with Gasteiger partial charge in [0.2, 0.25) is 0 Å². The molecule has 3 rings (SSSR count). The van der Waals surface area contributed by atoms with Gasteiger partial charge in [0.05, 0.1) is 26.9 Å². The lowest BCUT2D eigenvalue weighted by molar-refractivity contribution is 0.228. The second kappa shape index (κ2) is 7.69. The van der Waals surface area contributed by atoms with E-state index in [2.05, 4.69) is 17.4 Å². The summed E-state index contributed by atoms with van der Waals surface area (Å²) in [6.45, 7) is 0.0507. The summed E-state index contributed by atoms with van der Waals surface area (Å²) in [6, 6.07) is 14.3. The van der Waals surface area contributed by atoms with Crippen LogP contribution in [0.4, 0.5) is 0 Å². The SMILES string of the molecule is COc1cccc(C(CO)NC2CCCc3cc(OC)ccc32)c1. The van der Waals surface area contributed by atoms with Crippen LogP contribution >= 0.6 is 0 Å². The lowest BCUT2D eigenvalue weighted by atomic mass is 9.86. The molecule has 4 nitrogen and oxygen atoms in total. The number of ether oxygens (including phenoxy) is 2. The quantitative estimate of drug-likeness (QED) is 0.854. The van der Waals surface area contributed by atoms with Gasteiger partial charge in [-0.05, 0) is 60.2 Å². The number of nitrogens with one attached hydrogen (secondary N) is 1. The first-order chi connectivity index (χ1) is 11.7. The molecule has 0 saturated carbocycles. The zero-order valence-corrected chi connectivity index (χ0v) is 14.3. The lowest BCUT2D eigenvalue weighted by Gasteiger charge is -2.30. The van der Waals surface area contributed by atoms with Crippen molar-refractivity contribution < 1.29 is 14.6 Å². The zero-order valence-electron chi connectivity index (χ0n) is 14.3. The highest BCUT2D eigenvalue weighted by molar-refractivity contribution is 5.39. The third kappa shape index (κ3) is 3.55. The van der Waals surface area contributed by atoms with Gasteiger partial charge in [-0.25, -0.2) is 0 Å². The van der Waals surface area contributed by atoms with Gasteiger partial charge < -0.3 is 19.9 Å². The molecule has 24 heavy (non-hydrogen) atoms. The van der Waals surface area contributed by atoms with Crippen molar-refractivity contribution in [3.63, 3.8) is 0 Å². The fourth-order valence-electron chi connectivity index (χ4n) is 3.45. The molecule has 0 fully saturated rings. The van der Waals surface area contributed by atoms with Crippen LogP contribution in [-0.4, -0.2) is 25.9 Å². The van der Waals surface area contributed by atoms with Gasteiger partial charge in [0, 0.05) is 6.04 Å². The Morgan fingerprint density at radius 1 is 1.12 bits per heavy atom. The summed E-state index contributed by atoms with van der Waals surface area (Å²) in [5.74, 6) is 1.71. The van der Waals surface area contributed by atoms with E-state index in [0.717, 1.165) is 36.3 Å². The highest BCUT2D eigenvalue weighted by Gasteiger charge is 2.24. The van der Waals surface area contributed by atoms with Gasteiger partial charge in [0.1, 0.15) is 11.5 Å². The van der Waals surface area contributed by atoms with Crippen LogP contribution in [0.2, 0.25) is 0 Å². The molecule has 0 spiro atoms. The first kappa shape index (κ1) is 16.8. The van der Waals surface area contributed by atoms with Crippen molar-refractivity contribution >= 4 is 0 Å². The number of aliphatic hydroxyl groups excluding tert-OH is 1. The summed E-state index contributed by atoms with van der Waals surface area (Å²) in [7, 11) is 3.36. The average Bonchev–Trinajstić information content (AvgIpc) is 2.65. The molecule has 2 N–H and O–H groups in total. The highest BCUT2D eigenvalue weighted by Crippen LogP contribution is 2.34. The minimum atomic E-state index is -0.113. The molecule has 1 aliphatic rings. The topological polar surface area (TPSA) is 50.7 Å². The van der Waals surface area contributed by atoms with Crippen molar-refractivity contribution in [3.05, 3.63) is 59.2 Å². The van der Waals surface area contributed by atoms with E-state index in [1.54, 1.807) is 14.2 Å². The van der Waals surface area contributed by atoms with E-state index < -0.39 is 0 Å². The first-order valence-electron chi connectivity index (χ1n) is 8.43. The van der Waals surface area contributed by atoms with Gasteiger partial charge in [-0.3, -0.25) is 0 Å². The van der Waals surface area contributed by atoms with Crippen LogP contribution in [0.15, 0.2) is 42.5 Å². The molecule has 0 radical (unpaired) electrons. The van der Waals surface area contributed by atoms with Gasteiger partial charge in [-0.1, -0.05) is 18.2 Å². The number of methoxy groups -OCH3 is 2. The van der Waals surface area contributed by atoms with Crippen LogP contribution in [0, 0.1) is 0 Å². The number of fused-ring (bicyclic) bond motifs is 1. The van der Waals surface area contributed by atoms with Crippen LogP contribution < -0.4 is 14.8 Å². The van der Waals surface area contributed by atoms with E-state index in [-0.39, 0.29) is 18.7 Å². The zero-order chi connectivity index (χ0) is 16.9. The Morgan fingerprint density at radius 2 is 1.92 bits per heavy atom. The van der Waals surface area contributed by atoms with E-state index in [9.17, 15) is 5.11 Å².